The highest BCUT2D eigenvalue weighted by atomic mass is 16.5. The fraction of sp³-hybridized carbons (Fsp3) is 0.571. The Morgan fingerprint density at radius 1 is 1.33 bits per heavy atom. The Morgan fingerprint density at radius 3 is 2.86 bits per heavy atom. The van der Waals surface area contributed by atoms with Gasteiger partial charge in [-0.2, -0.15) is 0 Å². The minimum Gasteiger partial charge on any atom is -0.458 e. The molecule has 2 atom stereocenters. The first-order chi connectivity index (χ1) is 10.2. The van der Waals surface area contributed by atoms with E-state index in [-0.39, 0.29) is 24.0 Å². The van der Waals surface area contributed by atoms with Crippen LogP contribution in [0.15, 0.2) is 18.5 Å². The summed E-state index contributed by atoms with van der Waals surface area (Å²) in [7, 11) is 0. The summed E-state index contributed by atoms with van der Waals surface area (Å²) in [6, 6.07) is 1.70. The largest absolute Gasteiger partial charge is 0.458 e. The van der Waals surface area contributed by atoms with Gasteiger partial charge in [0.25, 0.3) is 0 Å². The van der Waals surface area contributed by atoms with Crippen LogP contribution in [0.25, 0.3) is 0 Å². The molecule has 3 rings (SSSR count). The number of likely N-dealkylation sites (tertiary alicyclic amines) is 1. The second-order valence-electron chi connectivity index (χ2n) is 5.36. The lowest BCUT2D eigenvalue weighted by molar-refractivity contribution is -0.136. The predicted molar refractivity (Wildman–Crippen MR) is 73.4 cm³/mol. The highest BCUT2D eigenvalue weighted by molar-refractivity contribution is 5.90. The van der Waals surface area contributed by atoms with Gasteiger partial charge in [-0.05, 0) is 25.3 Å². The fourth-order valence-corrected chi connectivity index (χ4v) is 2.75. The third-order valence-corrected chi connectivity index (χ3v) is 3.80. The van der Waals surface area contributed by atoms with Crippen molar-refractivity contribution < 1.29 is 14.3 Å². The van der Waals surface area contributed by atoms with Crippen molar-refractivity contribution in [3.63, 3.8) is 0 Å². The smallest absolute Gasteiger partial charge is 0.316 e. The number of hydrogen-bond acceptors (Lipinski definition) is 5. The molecule has 112 valence electrons. The molecule has 21 heavy (non-hydrogen) atoms. The summed E-state index contributed by atoms with van der Waals surface area (Å²) in [5.74, 6) is -0.0565. The number of amides is 2. The van der Waals surface area contributed by atoms with Gasteiger partial charge in [-0.15, -0.1) is 0 Å². The van der Waals surface area contributed by atoms with Crippen LogP contribution in [-0.4, -0.2) is 51.9 Å². The first-order valence-corrected chi connectivity index (χ1v) is 7.24. The Kier molecular flexibility index (Phi) is 3.98. The van der Waals surface area contributed by atoms with E-state index in [1.165, 1.54) is 0 Å². The van der Waals surface area contributed by atoms with Crippen LogP contribution in [0.4, 0.5) is 0 Å². The van der Waals surface area contributed by atoms with E-state index in [1.54, 1.807) is 23.4 Å². The fourth-order valence-electron chi connectivity index (χ4n) is 2.75. The molecule has 3 heterocycles. The number of rotatable bonds is 3. The zero-order valence-electron chi connectivity index (χ0n) is 11.7. The van der Waals surface area contributed by atoms with Crippen LogP contribution in [0.1, 0.15) is 25.7 Å². The van der Waals surface area contributed by atoms with Gasteiger partial charge in [-0.3, -0.25) is 9.59 Å². The van der Waals surface area contributed by atoms with Crippen LogP contribution >= 0.6 is 0 Å². The van der Waals surface area contributed by atoms with Gasteiger partial charge in [-0.1, -0.05) is 0 Å². The average Bonchev–Trinajstić information content (AvgIpc) is 2.94. The zero-order chi connectivity index (χ0) is 14.7. The molecule has 0 spiro atoms. The lowest BCUT2D eigenvalue weighted by Gasteiger charge is -2.33. The maximum Gasteiger partial charge on any atom is 0.316 e. The van der Waals surface area contributed by atoms with Gasteiger partial charge in [0.2, 0.25) is 11.8 Å². The summed E-state index contributed by atoms with van der Waals surface area (Å²) in [5.41, 5.74) is 0. The lowest BCUT2D eigenvalue weighted by Crippen LogP contribution is -2.50. The average molecular weight is 290 g/mol. The second kappa shape index (κ2) is 6.07. The number of carbonyl (C=O) groups is 2. The maximum atomic E-state index is 12.4. The molecule has 0 radical (unpaired) electrons. The maximum absolute atomic E-state index is 12.4. The normalized spacial score (nSPS) is 25.5. The van der Waals surface area contributed by atoms with E-state index in [4.69, 9.17) is 4.74 Å². The van der Waals surface area contributed by atoms with Crippen molar-refractivity contribution in [1.29, 1.82) is 0 Å². The number of ether oxygens (including phenoxy) is 1. The molecule has 0 aliphatic carbocycles. The molecule has 2 fully saturated rings. The van der Waals surface area contributed by atoms with Crippen molar-refractivity contribution >= 4 is 11.8 Å². The predicted octanol–water partition coefficient (Wildman–Crippen LogP) is 0.125. The van der Waals surface area contributed by atoms with Crippen LogP contribution in [0.3, 0.4) is 0 Å². The van der Waals surface area contributed by atoms with Crippen LogP contribution < -0.4 is 10.1 Å². The highest BCUT2D eigenvalue weighted by Crippen LogP contribution is 2.18. The van der Waals surface area contributed by atoms with E-state index in [9.17, 15) is 9.59 Å². The second-order valence-corrected chi connectivity index (χ2v) is 5.36. The molecule has 2 amide bonds. The van der Waals surface area contributed by atoms with E-state index in [0.29, 0.717) is 31.9 Å². The summed E-state index contributed by atoms with van der Waals surface area (Å²) in [5, 5.41) is 2.72. The van der Waals surface area contributed by atoms with E-state index >= 15 is 0 Å². The van der Waals surface area contributed by atoms with E-state index in [2.05, 4.69) is 15.3 Å². The van der Waals surface area contributed by atoms with Gasteiger partial charge in [0, 0.05) is 25.4 Å². The number of piperidine rings is 1. The Hall–Kier alpha value is -2.18. The van der Waals surface area contributed by atoms with Crippen molar-refractivity contribution in [2.45, 2.75) is 37.8 Å². The third kappa shape index (κ3) is 3.29. The SMILES string of the molecule is O=C1CCC(C(=O)N2CCCC(Oc3ncccn3)C2)N1. The van der Waals surface area contributed by atoms with E-state index in [1.807, 2.05) is 0 Å². The molecular formula is C14H18N4O3. The first-order valence-electron chi connectivity index (χ1n) is 7.24. The minimum atomic E-state index is -0.371. The molecule has 0 aromatic carbocycles. The standard InChI is InChI=1S/C14H18N4O3/c19-12-5-4-11(17-12)13(20)18-8-1-3-10(9-18)21-14-15-6-2-7-16-14/h2,6-7,10-11H,1,3-5,8-9H2,(H,17,19). The van der Waals surface area contributed by atoms with Crippen LogP contribution in [0.2, 0.25) is 0 Å². The molecule has 2 saturated heterocycles. The molecule has 1 aromatic heterocycles. The zero-order valence-corrected chi connectivity index (χ0v) is 11.7. The number of aromatic nitrogens is 2. The van der Waals surface area contributed by atoms with Gasteiger partial charge in [-0.25, -0.2) is 9.97 Å². The van der Waals surface area contributed by atoms with Crippen LogP contribution in [0, 0.1) is 0 Å². The van der Waals surface area contributed by atoms with Crippen LogP contribution in [0.5, 0.6) is 6.01 Å². The molecular weight excluding hydrogens is 272 g/mol. The number of nitrogens with zero attached hydrogens (tertiary/aromatic N) is 3. The van der Waals surface area contributed by atoms with Gasteiger partial charge >= 0.3 is 6.01 Å². The lowest BCUT2D eigenvalue weighted by atomic mass is 10.1. The summed E-state index contributed by atoms with van der Waals surface area (Å²) in [4.78, 5) is 33.4. The van der Waals surface area contributed by atoms with E-state index in [0.717, 1.165) is 12.8 Å². The summed E-state index contributed by atoms with van der Waals surface area (Å²) in [6.45, 7) is 1.23. The number of nitrogens with one attached hydrogen (secondary N) is 1. The van der Waals surface area contributed by atoms with Crippen LogP contribution in [-0.2, 0) is 9.59 Å². The summed E-state index contributed by atoms with van der Waals surface area (Å²) >= 11 is 0. The highest BCUT2D eigenvalue weighted by Gasteiger charge is 2.33. The number of hydrogen-bond donors (Lipinski definition) is 1. The Balaban J connectivity index is 1.58. The first kappa shape index (κ1) is 13.8. The topological polar surface area (TPSA) is 84.4 Å². The van der Waals surface area contributed by atoms with Gasteiger partial charge < -0.3 is 15.0 Å². The summed E-state index contributed by atoms with van der Waals surface area (Å²) in [6.07, 6.45) is 5.93. The quantitative estimate of drug-likeness (QED) is 0.855. The van der Waals surface area contributed by atoms with Crippen molar-refractivity contribution in [3.05, 3.63) is 18.5 Å². The van der Waals surface area contributed by atoms with Crippen molar-refractivity contribution in [2.24, 2.45) is 0 Å². The van der Waals surface area contributed by atoms with E-state index < -0.39 is 0 Å². The van der Waals surface area contributed by atoms with Crippen molar-refractivity contribution in [1.82, 2.24) is 20.2 Å². The summed E-state index contributed by atoms with van der Waals surface area (Å²) < 4.78 is 5.72. The third-order valence-electron chi connectivity index (χ3n) is 3.80. The minimum absolute atomic E-state index is 0.0110. The monoisotopic (exact) mass is 290 g/mol. The molecule has 2 aliphatic rings. The molecule has 2 unspecified atom stereocenters. The van der Waals surface area contributed by atoms with Crippen molar-refractivity contribution in [2.75, 3.05) is 13.1 Å². The number of carbonyl (C=O) groups excluding carboxylic acids is 2. The van der Waals surface area contributed by atoms with Crippen molar-refractivity contribution in [3.8, 4) is 6.01 Å². The Morgan fingerprint density at radius 2 is 2.14 bits per heavy atom. The molecule has 1 aromatic rings. The molecule has 1 N–H and O–H groups in total. The molecule has 0 bridgehead atoms. The van der Waals surface area contributed by atoms with Gasteiger partial charge in [0.05, 0.1) is 6.54 Å². The molecule has 2 aliphatic heterocycles. The molecule has 7 nitrogen and oxygen atoms in total. The molecule has 0 saturated carbocycles. The Labute approximate surface area is 122 Å². The van der Waals surface area contributed by atoms with Gasteiger partial charge in [0.15, 0.2) is 0 Å². The molecule has 7 heteroatoms. The van der Waals surface area contributed by atoms with Gasteiger partial charge in [0.1, 0.15) is 12.1 Å². The Bertz CT molecular complexity index is 522.